The SMILES string of the molecule is CCOC(=O)c1cnc(CC2(c3ccc(Cl)cc3)CC2)nc1.CCOC(=O)c1cnc(Cl)nc1.Cl.NC1(c2ccc(Cl)cc2)CC1. The molecule has 0 unspecified atom stereocenters. The van der Waals surface area contributed by atoms with Crippen molar-refractivity contribution in [3.05, 3.63) is 117 Å². The number of hydrogen-bond donors (Lipinski definition) is 1. The number of aromatic nitrogens is 4. The first-order valence-corrected chi connectivity index (χ1v) is 15.6. The van der Waals surface area contributed by atoms with Crippen molar-refractivity contribution in [2.45, 2.75) is 56.9 Å². The monoisotopic (exact) mass is 705 g/mol. The van der Waals surface area contributed by atoms with Crippen LogP contribution in [0.25, 0.3) is 0 Å². The second-order valence-corrected chi connectivity index (χ2v) is 11.9. The Hall–Kier alpha value is -3.34. The van der Waals surface area contributed by atoms with Crippen molar-refractivity contribution in [3.8, 4) is 0 Å². The second-order valence-electron chi connectivity index (χ2n) is 10.7. The minimum absolute atomic E-state index is 0. The zero-order chi connectivity index (χ0) is 32.5. The fraction of sp³-hybridized carbons (Fsp3) is 0.333. The van der Waals surface area contributed by atoms with Crippen LogP contribution in [0.5, 0.6) is 0 Å². The first-order chi connectivity index (χ1) is 21.6. The molecule has 0 bridgehead atoms. The molecule has 2 aromatic carbocycles. The molecular formula is C33H35Cl4N5O4. The molecular weight excluding hydrogens is 672 g/mol. The molecule has 2 aliphatic rings. The Kier molecular flexibility index (Phi) is 13.7. The van der Waals surface area contributed by atoms with Gasteiger partial charge in [-0.25, -0.2) is 29.5 Å². The van der Waals surface area contributed by atoms with E-state index in [-0.39, 0.29) is 34.6 Å². The average molecular weight is 707 g/mol. The van der Waals surface area contributed by atoms with Crippen molar-refractivity contribution in [1.29, 1.82) is 0 Å². The predicted molar refractivity (Wildman–Crippen MR) is 181 cm³/mol. The first-order valence-electron chi connectivity index (χ1n) is 14.5. The van der Waals surface area contributed by atoms with Gasteiger partial charge in [-0.2, -0.15) is 0 Å². The Balaban J connectivity index is 0.000000203. The lowest BCUT2D eigenvalue weighted by atomic mass is 9.92. The van der Waals surface area contributed by atoms with Crippen LogP contribution in [0.4, 0.5) is 0 Å². The van der Waals surface area contributed by atoms with E-state index in [9.17, 15) is 9.59 Å². The van der Waals surface area contributed by atoms with Gasteiger partial charge in [-0.3, -0.25) is 0 Å². The van der Waals surface area contributed by atoms with E-state index in [4.69, 9.17) is 50.0 Å². The van der Waals surface area contributed by atoms with Crippen LogP contribution in [-0.2, 0) is 26.8 Å². The van der Waals surface area contributed by atoms with Crippen molar-refractivity contribution < 1.29 is 19.1 Å². The normalized spacial score (nSPS) is 14.6. The number of carbonyl (C=O) groups is 2. The van der Waals surface area contributed by atoms with Crippen LogP contribution in [0, 0.1) is 0 Å². The van der Waals surface area contributed by atoms with Crippen LogP contribution in [0.1, 0.15) is 77.2 Å². The van der Waals surface area contributed by atoms with E-state index in [1.807, 2.05) is 36.4 Å². The number of halogens is 4. The summed E-state index contributed by atoms with van der Waals surface area (Å²) in [5, 5.41) is 1.63. The van der Waals surface area contributed by atoms with E-state index in [0.29, 0.717) is 24.3 Å². The number of benzene rings is 2. The fourth-order valence-corrected chi connectivity index (χ4v) is 4.78. The highest BCUT2D eigenvalue weighted by Crippen LogP contribution is 2.50. The Morgan fingerprint density at radius 1 is 0.696 bits per heavy atom. The highest BCUT2D eigenvalue weighted by molar-refractivity contribution is 6.30. The lowest BCUT2D eigenvalue weighted by Gasteiger charge is -2.14. The molecule has 0 saturated heterocycles. The molecule has 6 rings (SSSR count). The van der Waals surface area contributed by atoms with Gasteiger partial charge in [0.15, 0.2) is 0 Å². The summed E-state index contributed by atoms with van der Waals surface area (Å²) in [5.41, 5.74) is 9.25. The molecule has 0 spiro atoms. The van der Waals surface area contributed by atoms with E-state index < -0.39 is 5.97 Å². The molecule has 0 atom stereocenters. The molecule has 0 radical (unpaired) electrons. The summed E-state index contributed by atoms with van der Waals surface area (Å²) in [7, 11) is 0. The molecule has 0 amide bonds. The molecule has 2 fully saturated rings. The summed E-state index contributed by atoms with van der Waals surface area (Å²) in [4.78, 5) is 38.5. The van der Waals surface area contributed by atoms with Crippen molar-refractivity contribution in [2.75, 3.05) is 13.2 Å². The molecule has 0 aliphatic heterocycles. The lowest BCUT2D eigenvalue weighted by Crippen LogP contribution is -2.18. The maximum absolute atomic E-state index is 11.6. The maximum Gasteiger partial charge on any atom is 0.341 e. The van der Waals surface area contributed by atoms with E-state index in [1.165, 1.54) is 35.9 Å². The van der Waals surface area contributed by atoms with Gasteiger partial charge in [-0.05, 0) is 86.5 Å². The van der Waals surface area contributed by atoms with Gasteiger partial charge in [0.25, 0.3) is 0 Å². The third-order valence-corrected chi connectivity index (χ3v) is 8.06. The molecule has 13 heteroatoms. The van der Waals surface area contributed by atoms with Crippen molar-refractivity contribution in [2.24, 2.45) is 5.73 Å². The Morgan fingerprint density at radius 3 is 1.50 bits per heavy atom. The van der Waals surface area contributed by atoms with Gasteiger partial charge in [0.2, 0.25) is 5.28 Å². The second kappa shape index (κ2) is 17.0. The number of ether oxygens (including phenoxy) is 2. The van der Waals surface area contributed by atoms with Gasteiger partial charge in [-0.1, -0.05) is 47.5 Å². The minimum atomic E-state index is -0.436. The van der Waals surface area contributed by atoms with Gasteiger partial charge in [-0.15, -0.1) is 12.4 Å². The van der Waals surface area contributed by atoms with Crippen LogP contribution < -0.4 is 5.73 Å². The number of esters is 2. The van der Waals surface area contributed by atoms with Gasteiger partial charge in [0.1, 0.15) is 5.82 Å². The topological polar surface area (TPSA) is 130 Å². The molecule has 46 heavy (non-hydrogen) atoms. The molecule has 2 N–H and O–H groups in total. The van der Waals surface area contributed by atoms with Gasteiger partial charge in [0.05, 0.1) is 24.3 Å². The third kappa shape index (κ3) is 10.6. The van der Waals surface area contributed by atoms with Crippen molar-refractivity contribution >= 4 is 59.1 Å². The molecule has 2 aromatic heterocycles. The minimum Gasteiger partial charge on any atom is -0.462 e. The van der Waals surface area contributed by atoms with Gasteiger partial charge >= 0.3 is 11.9 Å². The Morgan fingerprint density at radius 2 is 1.11 bits per heavy atom. The number of nitrogens with zero attached hydrogens (tertiary/aromatic N) is 4. The van der Waals surface area contributed by atoms with Gasteiger partial charge < -0.3 is 15.2 Å². The third-order valence-electron chi connectivity index (χ3n) is 7.36. The molecule has 2 aliphatic carbocycles. The first kappa shape index (κ1) is 37.1. The Bertz CT molecular complexity index is 1560. The molecule has 244 valence electrons. The smallest absolute Gasteiger partial charge is 0.341 e. The predicted octanol–water partition coefficient (Wildman–Crippen LogP) is 7.60. The quantitative estimate of drug-likeness (QED) is 0.145. The highest BCUT2D eigenvalue weighted by Gasteiger charge is 2.44. The molecule has 9 nitrogen and oxygen atoms in total. The summed E-state index contributed by atoms with van der Waals surface area (Å²) >= 11 is 17.1. The highest BCUT2D eigenvalue weighted by atomic mass is 35.5. The van der Waals surface area contributed by atoms with Crippen LogP contribution in [0.2, 0.25) is 15.3 Å². The summed E-state index contributed by atoms with van der Waals surface area (Å²) in [5.74, 6) is -0.0671. The molecule has 2 saturated carbocycles. The van der Waals surface area contributed by atoms with Crippen LogP contribution in [0.3, 0.4) is 0 Å². The summed E-state index contributed by atoms with van der Waals surface area (Å²) in [6.45, 7) is 4.19. The van der Waals surface area contributed by atoms with E-state index >= 15 is 0 Å². The largest absolute Gasteiger partial charge is 0.462 e. The summed E-state index contributed by atoms with van der Waals surface area (Å²) < 4.78 is 9.64. The van der Waals surface area contributed by atoms with E-state index in [1.54, 1.807) is 13.8 Å². The van der Waals surface area contributed by atoms with Crippen LogP contribution >= 0.6 is 47.2 Å². The fourth-order valence-electron chi connectivity index (χ4n) is 4.43. The summed E-state index contributed by atoms with van der Waals surface area (Å²) in [6.07, 6.45) is 11.0. The van der Waals surface area contributed by atoms with Crippen molar-refractivity contribution in [3.63, 3.8) is 0 Å². The number of rotatable bonds is 8. The standard InChI is InChI=1S/C17H17ClN2O2.C9H10ClN.C7H7ClN2O2.ClH/c1-2-22-16(21)12-10-19-15(20-11-12)9-17(7-8-17)13-3-5-14(18)6-4-13;10-8-3-1-7(2-4-8)9(11)5-6-9;1-2-12-6(11)5-3-9-7(8)10-4-5;/h3-6,10-11H,2,7-9H2,1H3;1-4H,5-6,11H2;3-4H,2H2,1H3;1H. The summed E-state index contributed by atoms with van der Waals surface area (Å²) in [6, 6.07) is 15.8. The van der Waals surface area contributed by atoms with E-state index in [2.05, 4.69) is 32.1 Å². The number of hydrogen-bond acceptors (Lipinski definition) is 9. The number of nitrogens with two attached hydrogens (primary N) is 1. The Labute approximate surface area is 289 Å². The molecule has 4 aromatic rings. The van der Waals surface area contributed by atoms with E-state index in [0.717, 1.165) is 48.0 Å². The van der Waals surface area contributed by atoms with Crippen LogP contribution in [-0.4, -0.2) is 45.1 Å². The maximum atomic E-state index is 11.6. The lowest BCUT2D eigenvalue weighted by molar-refractivity contribution is 0.0515. The average Bonchev–Trinajstić information content (AvgIpc) is 3.98. The molecule has 2 heterocycles. The van der Waals surface area contributed by atoms with Gasteiger partial charge in [0, 0.05) is 52.2 Å². The zero-order valence-electron chi connectivity index (χ0n) is 25.4. The van der Waals surface area contributed by atoms with Crippen molar-refractivity contribution in [1.82, 2.24) is 19.9 Å². The zero-order valence-corrected chi connectivity index (χ0v) is 28.5. The number of carbonyl (C=O) groups excluding carboxylic acids is 2. The van der Waals surface area contributed by atoms with Crippen LogP contribution in [0.15, 0.2) is 73.3 Å².